The maximum absolute atomic E-state index is 14.2. The molecule has 1 atom stereocenters. The zero-order valence-electron chi connectivity index (χ0n) is 26.1. The van der Waals surface area contributed by atoms with E-state index < -0.39 is 17.8 Å². The smallest absolute Gasteiger partial charge is 0.252 e. The first kappa shape index (κ1) is 33.4. The molecule has 0 aliphatic heterocycles. The van der Waals surface area contributed by atoms with E-state index in [2.05, 4.69) is 10.6 Å². The maximum atomic E-state index is 14.2. The Labute approximate surface area is 279 Å². The van der Waals surface area contributed by atoms with Crippen LogP contribution in [-0.2, 0) is 17.9 Å². The molecule has 6 nitrogen and oxygen atoms in total. The van der Waals surface area contributed by atoms with Gasteiger partial charge < -0.3 is 21.1 Å². The minimum absolute atomic E-state index is 0.0118. The molecule has 4 N–H and O–H groups in total. The SMILES string of the molecule is CCCCC(NC(=O)c1ccc(-c2ccccc2)cc1-c1ccc(Cl)cc1Oc1cccc(CN)c1)C(=O)NCc1ccccc1F. The summed E-state index contributed by atoms with van der Waals surface area (Å²) in [6.45, 7) is 2.38. The van der Waals surface area contributed by atoms with Crippen LogP contribution < -0.4 is 21.1 Å². The summed E-state index contributed by atoms with van der Waals surface area (Å²) < 4.78 is 20.6. The molecule has 0 aliphatic carbocycles. The van der Waals surface area contributed by atoms with Crippen LogP contribution in [0.3, 0.4) is 0 Å². The summed E-state index contributed by atoms with van der Waals surface area (Å²) in [7, 11) is 0. The van der Waals surface area contributed by atoms with Gasteiger partial charge in [-0.05, 0) is 71.1 Å². The molecule has 0 fully saturated rings. The molecule has 240 valence electrons. The fourth-order valence-corrected chi connectivity index (χ4v) is 5.46. The van der Waals surface area contributed by atoms with E-state index in [0.717, 1.165) is 29.5 Å². The van der Waals surface area contributed by atoms with Crippen LogP contribution in [-0.4, -0.2) is 17.9 Å². The maximum Gasteiger partial charge on any atom is 0.252 e. The Kier molecular flexibility index (Phi) is 11.4. The predicted octanol–water partition coefficient (Wildman–Crippen LogP) is 8.67. The number of hydrogen-bond acceptors (Lipinski definition) is 4. The fraction of sp³-hybridized carbons (Fsp3) is 0.179. The predicted molar refractivity (Wildman–Crippen MR) is 186 cm³/mol. The average molecular weight is 650 g/mol. The van der Waals surface area contributed by atoms with Gasteiger partial charge in [0, 0.05) is 40.9 Å². The monoisotopic (exact) mass is 649 g/mol. The second-order valence-corrected chi connectivity index (χ2v) is 11.6. The van der Waals surface area contributed by atoms with E-state index in [9.17, 15) is 14.0 Å². The van der Waals surface area contributed by atoms with Gasteiger partial charge in [0.15, 0.2) is 0 Å². The number of rotatable bonds is 13. The second-order valence-electron chi connectivity index (χ2n) is 11.2. The third-order valence-electron chi connectivity index (χ3n) is 7.85. The molecule has 1 unspecified atom stereocenters. The van der Waals surface area contributed by atoms with Crippen molar-refractivity contribution >= 4 is 23.4 Å². The Morgan fingerprint density at radius 1 is 0.851 bits per heavy atom. The Balaban J connectivity index is 1.51. The first-order valence-corrected chi connectivity index (χ1v) is 16.0. The molecule has 0 bridgehead atoms. The third-order valence-corrected chi connectivity index (χ3v) is 8.08. The molecule has 0 saturated carbocycles. The lowest BCUT2D eigenvalue weighted by molar-refractivity contribution is -0.123. The highest BCUT2D eigenvalue weighted by Gasteiger charge is 2.24. The lowest BCUT2D eigenvalue weighted by Gasteiger charge is -2.21. The number of carbonyl (C=O) groups is 2. The van der Waals surface area contributed by atoms with Crippen LogP contribution in [0.25, 0.3) is 22.3 Å². The highest BCUT2D eigenvalue weighted by molar-refractivity contribution is 6.30. The van der Waals surface area contributed by atoms with Gasteiger partial charge in [-0.25, -0.2) is 4.39 Å². The van der Waals surface area contributed by atoms with Crippen LogP contribution in [0, 0.1) is 5.82 Å². The molecule has 8 heteroatoms. The largest absolute Gasteiger partial charge is 0.457 e. The van der Waals surface area contributed by atoms with Crippen LogP contribution in [0.4, 0.5) is 4.39 Å². The summed E-state index contributed by atoms with van der Waals surface area (Å²) in [6, 6.07) is 33.6. The molecule has 5 aromatic carbocycles. The lowest BCUT2D eigenvalue weighted by Crippen LogP contribution is -2.46. The number of benzene rings is 5. The van der Waals surface area contributed by atoms with Crippen LogP contribution >= 0.6 is 11.6 Å². The highest BCUT2D eigenvalue weighted by atomic mass is 35.5. The molecule has 5 rings (SSSR count). The minimum atomic E-state index is -0.823. The topological polar surface area (TPSA) is 93.4 Å². The van der Waals surface area contributed by atoms with Crippen molar-refractivity contribution < 1.29 is 18.7 Å². The summed E-state index contributed by atoms with van der Waals surface area (Å²) in [5.74, 6) is -0.176. The van der Waals surface area contributed by atoms with Crippen molar-refractivity contribution in [2.75, 3.05) is 0 Å². The van der Waals surface area contributed by atoms with Crippen LogP contribution in [0.1, 0.15) is 47.7 Å². The Morgan fingerprint density at radius 3 is 2.40 bits per heavy atom. The fourth-order valence-electron chi connectivity index (χ4n) is 5.30. The first-order valence-electron chi connectivity index (χ1n) is 15.6. The normalized spacial score (nSPS) is 11.5. The van der Waals surface area contributed by atoms with Gasteiger partial charge in [-0.15, -0.1) is 0 Å². The molecular weight excluding hydrogens is 613 g/mol. The van der Waals surface area contributed by atoms with E-state index in [0.29, 0.717) is 51.7 Å². The average Bonchev–Trinajstić information content (AvgIpc) is 3.10. The van der Waals surface area contributed by atoms with Crippen molar-refractivity contribution in [3.8, 4) is 33.8 Å². The van der Waals surface area contributed by atoms with Crippen molar-refractivity contribution in [1.82, 2.24) is 10.6 Å². The van der Waals surface area contributed by atoms with Gasteiger partial charge in [0.1, 0.15) is 23.4 Å². The van der Waals surface area contributed by atoms with E-state index in [-0.39, 0.29) is 12.5 Å². The van der Waals surface area contributed by atoms with E-state index in [1.165, 1.54) is 6.07 Å². The number of unbranched alkanes of at least 4 members (excludes halogenated alkanes) is 1. The molecular formula is C39H37ClFN3O3. The minimum Gasteiger partial charge on any atom is -0.457 e. The highest BCUT2D eigenvalue weighted by Crippen LogP contribution is 2.39. The van der Waals surface area contributed by atoms with Gasteiger partial charge in [-0.2, -0.15) is 0 Å². The molecule has 47 heavy (non-hydrogen) atoms. The van der Waals surface area contributed by atoms with Gasteiger partial charge >= 0.3 is 0 Å². The number of hydrogen-bond donors (Lipinski definition) is 3. The van der Waals surface area contributed by atoms with Crippen molar-refractivity contribution in [2.24, 2.45) is 5.73 Å². The zero-order valence-corrected chi connectivity index (χ0v) is 26.9. The van der Waals surface area contributed by atoms with E-state index in [4.69, 9.17) is 22.1 Å². The lowest BCUT2D eigenvalue weighted by atomic mass is 9.93. The summed E-state index contributed by atoms with van der Waals surface area (Å²) >= 11 is 6.45. The molecule has 0 spiro atoms. The zero-order chi connectivity index (χ0) is 33.2. The number of halogens is 2. The van der Waals surface area contributed by atoms with Crippen molar-refractivity contribution in [1.29, 1.82) is 0 Å². The van der Waals surface area contributed by atoms with Gasteiger partial charge in [0.2, 0.25) is 5.91 Å². The number of carbonyl (C=O) groups excluding carboxylic acids is 2. The number of amides is 2. The van der Waals surface area contributed by atoms with E-state index in [1.54, 1.807) is 36.4 Å². The molecule has 0 saturated heterocycles. The first-order chi connectivity index (χ1) is 22.9. The number of nitrogens with two attached hydrogens (primary N) is 1. The molecule has 5 aromatic rings. The standard InChI is InChI=1S/C39H37ClFN3O3/c1-2-3-16-36(39(46)43-25-29-13-7-8-15-35(29)41)44-38(45)33-19-17-28(27-11-5-4-6-12-27)22-34(33)32-20-18-30(40)23-37(32)47-31-14-9-10-26(21-31)24-42/h4-15,17-23,36H,2-3,16,24-25,42H2,1H3,(H,43,46)(H,44,45). The summed E-state index contributed by atoms with van der Waals surface area (Å²) in [4.78, 5) is 27.4. The quantitative estimate of drug-likeness (QED) is 0.119. The Bertz CT molecular complexity index is 1850. The Hall–Kier alpha value is -4.98. The third kappa shape index (κ3) is 8.64. The molecule has 0 aliphatic rings. The van der Waals surface area contributed by atoms with E-state index >= 15 is 0 Å². The second kappa shape index (κ2) is 16.0. The van der Waals surface area contributed by atoms with Gasteiger partial charge in [-0.1, -0.05) is 98.1 Å². The molecule has 0 radical (unpaired) electrons. The van der Waals surface area contributed by atoms with Crippen molar-refractivity contribution in [3.05, 3.63) is 143 Å². The molecule has 0 aromatic heterocycles. The Morgan fingerprint density at radius 2 is 1.64 bits per heavy atom. The van der Waals surface area contributed by atoms with Gasteiger partial charge in [0.25, 0.3) is 5.91 Å². The number of ether oxygens (including phenoxy) is 1. The summed E-state index contributed by atoms with van der Waals surface area (Å²) in [5, 5.41) is 6.22. The van der Waals surface area contributed by atoms with Crippen molar-refractivity contribution in [2.45, 2.75) is 45.3 Å². The van der Waals surface area contributed by atoms with Crippen LogP contribution in [0.5, 0.6) is 11.5 Å². The summed E-state index contributed by atoms with van der Waals surface area (Å²) in [6.07, 6.45) is 1.98. The van der Waals surface area contributed by atoms with Gasteiger partial charge in [-0.3, -0.25) is 9.59 Å². The summed E-state index contributed by atoms with van der Waals surface area (Å²) in [5.41, 5.74) is 10.6. The van der Waals surface area contributed by atoms with E-state index in [1.807, 2.05) is 79.7 Å². The van der Waals surface area contributed by atoms with Crippen LogP contribution in [0.2, 0.25) is 5.02 Å². The van der Waals surface area contributed by atoms with Crippen molar-refractivity contribution in [3.63, 3.8) is 0 Å². The van der Waals surface area contributed by atoms with Crippen LogP contribution in [0.15, 0.2) is 115 Å². The number of nitrogens with one attached hydrogen (secondary N) is 2. The molecule has 0 heterocycles. The van der Waals surface area contributed by atoms with Gasteiger partial charge in [0.05, 0.1) is 0 Å². The molecule has 2 amide bonds.